The average Bonchev–Trinajstić information content (AvgIpc) is 2.76. The molecule has 1 aliphatic heterocycles. The summed E-state index contributed by atoms with van der Waals surface area (Å²) in [6.45, 7) is 3.07. The molecular formula is C12H19N3O4S2. The molecule has 1 aromatic heterocycles. The summed E-state index contributed by atoms with van der Waals surface area (Å²) in [5, 5.41) is 13.9. The number of thiophene rings is 1. The van der Waals surface area contributed by atoms with Gasteiger partial charge in [-0.3, -0.25) is 10.1 Å². The maximum atomic E-state index is 12.6. The van der Waals surface area contributed by atoms with Crippen LogP contribution in [0.1, 0.15) is 26.2 Å². The number of nitro groups is 1. The zero-order valence-corrected chi connectivity index (χ0v) is 13.7. The van der Waals surface area contributed by atoms with Gasteiger partial charge in [-0.1, -0.05) is 18.3 Å². The van der Waals surface area contributed by atoms with E-state index in [0.29, 0.717) is 19.0 Å². The molecule has 1 saturated heterocycles. The van der Waals surface area contributed by atoms with Gasteiger partial charge in [0.25, 0.3) is 10.0 Å². The van der Waals surface area contributed by atoms with Crippen molar-refractivity contribution in [1.29, 1.82) is 0 Å². The SMILES string of the molecule is CNc1sc(S(=O)(=O)N2CCCC(C)CC2)cc1[N+](=O)[O-]. The van der Waals surface area contributed by atoms with Crippen molar-refractivity contribution >= 4 is 32.0 Å². The van der Waals surface area contributed by atoms with Crippen LogP contribution in [0.15, 0.2) is 10.3 Å². The highest BCUT2D eigenvalue weighted by molar-refractivity contribution is 7.91. The number of nitrogens with one attached hydrogen (secondary N) is 1. The lowest BCUT2D eigenvalue weighted by molar-refractivity contribution is -0.383. The van der Waals surface area contributed by atoms with Crippen LogP contribution in [0.2, 0.25) is 0 Å². The minimum Gasteiger partial charge on any atom is -0.374 e. The number of rotatable bonds is 4. The number of nitrogens with zero attached hydrogens (tertiary/aromatic N) is 2. The van der Waals surface area contributed by atoms with Gasteiger partial charge in [-0.05, 0) is 25.2 Å². The molecule has 1 unspecified atom stereocenters. The van der Waals surface area contributed by atoms with Gasteiger partial charge in [0.05, 0.1) is 4.92 Å². The molecule has 7 nitrogen and oxygen atoms in total. The van der Waals surface area contributed by atoms with Gasteiger partial charge in [0, 0.05) is 26.2 Å². The first-order chi connectivity index (χ1) is 9.86. The second kappa shape index (κ2) is 6.29. The number of hydrogen-bond acceptors (Lipinski definition) is 6. The molecule has 118 valence electrons. The molecule has 1 aliphatic rings. The van der Waals surface area contributed by atoms with E-state index in [9.17, 15) is 18.5 Å². The van der Waals surface area contributed by atoms with Crippen LogP contribution in [0, 0.1) is 16.0 Å². The summed E-state index contributed by atoms with van der Waals surface area (Å²) in [5.74, 6) is 0.510. The van der Waals surface area contributed by atoms with Crippen LogP contribution in [-0.2, 0) is 10.0 Å². The molecule has 0 spiro atoms. The third kappa shape index (κ3) is 3.35. The third-order valence-electron chi connectivity index (χ3n) is 3.68. The Balaban J connectivity index is 2.33. The first-order valence-corrected chi connectivity index (χ1v) is 9.08. The van der Waals surface area contributed by atoms with Crippen LogP contribution in [-0.4, -0.2) is 37.8 Å². The lowest BCUT2D eigenvalue weighted by Gasteiger charge is -2.18. The minimum absolute atomic E-state index is 0.0353. The summed E-state index contributed by atoms with van der Waals surface area (Å²) in [5.41, 5.74) is -0.190. The molecule has 0 amide bonds. The quantitative estimate of drug-likeness (QED) is 0.675. The number of hydrogen-bond donors (Lipinski definition) is 1. The molecule has 1 atom stereocenters. The van der Waals surface area contributed by atoms with E-state index >= 15 is 0 Å². The third-order valence-corrected chi connectivity index (χ3v) is 7.17. The van der Waals surface area contributed by atoms with Gasteiger partial charge in [-0.2, -0.15) is 4.31 Å². The summed E-state index contributed by atoms with van der Waals surface area (Å²) in [6, 6.07) is 1.15. The molecule has 1 N–H and O–H groups in total. The van der Waals surface area contributed by atoms with E-state index in [0.717, 1.165) is 36.7 Å². The zero-order valence-electron chi connectivity index (χ0n) is 12.0. The standard InChI is InChI=1S/C12H19N3O4S2/c1-9-4-3-6-14(7-5-9)21(18,19)11-8-10(15(16)17)12(13-2)20-11/h8-9,13H,3-7H2,1-2H3. The van der Waals surface area contributed by atoms with Gasteiger partial charge in [-0.15, -0.1) is 0 Å². The van der Waals surface area contributed by atoms with Crippen molar-refractivity contribution in [3.8, 4) is 0 Å². The Hall–Kier alpha value is -1.19. The summed E-state index contributed by atoms with van der Waals surface area (Å²) in [6.07, 6.45) is 2.66. The van der Waals surface area contributed by atoms with Crippen LogP contribution in [0.25, 0.3) is 0 Å². The van der Waals surface area contributed by atoms with E-state index < -0.39 is 14.9 Å². The van der Waals surface area contributed by atoms with Gasteiger partial charge in [0.2, 0.25) is 0 Å². The van der Waals surface area contributed by atoms with E-state index in [4.69, 9.17) is 0 Å². The highest BCUT2D eigenvalue weighted by Gasteiger charge is 2.31. The molecule has 1 fully saturated rings. The maximum Gasteiger partial charge on any atom is 0.304 e. The zero-order chi connectivity index (χ0) is 15.6. The minimum atomic E-state index is -3.65. The lowest BCUT2D eigenvalue weighted by atomic mass is 10.0. The highest BCUT2D eigenvalue weighted by atomic mass is 32.2. The smallest absolute Gasteiger partial charge is 0.304 e. The predicted octanol–water partition coefficient (Wildman–Crippen LogP) is 2.51. The van der Waals surface area contributed by atoms with Crippen molar-refractivity contribution in [3.05, 3.63) is 16.2 Å². The summed E-state index contributed by atoms with van der Waals surface area (Å²) < 4.78 is 26.8. The van der Waals surface area contributed by atoms with Crippen LogP contribution in [0.5, 0.6) is 0 Å². The van der Waals surface area contributed by atoms with Crippen LogP contribution in [0.3, 0.4) is 0 Å². The van der Waals surface area contributed by atoms with E-state index in [2.05, 4.69) is 12.2 Å². The second-order valence-corrected chi connectivity index (χ2v) is 8.44. The fourth-order valence-corrected chi connectivity index (χ4v) is 5.34. The molecule has 2 rings (SSSR count). The molecule has 0 saturated carbocycles. The number of sulfonamides is 1. The molecule has 1 aromatic rings. The molecule has 0 aromatic carbocycles. The summed E-state index contributed by atoms with van der Waals surface area (Å²) >= 11 is 0.914. The van der Waals surface area contributed by atoms with Gasteiger partial charge in [-0.25, -0.2) is 8.42 Å². The Morgan fingerprint density at radius 2 is 2.14 bits per heavy atom. The molecule has 21 heavy (non-hydrogen) atoms. The molecular weight excluding hydrogens is 314 g/mol. The van der Waals surface area contributed by atoms with Crippen LogP contribution >= 0.6 is 11.3 Å². The fraction of sp³-hybridized carbons (Fsp3) is 0.667. The topological polar surface area (TPSA) is 92.6 Å². The van der Waals surface area contributed by atoms with Crippen molar-refractivity contribution in [2.24, 2.45) is 5.92 Å². The molecule has 0 radical (unpaired) electrons. The largest absolute Gasteiger partial charge is 0.374 e. The molecule has 0 bridgehead atoms. The monoisotopic (exact) mass is 333 g/mol. The van der Waals surface area contributed by atoms with E-state index in [1.165, 1.54) is 4.31 Å². The van der Waals surface area contributed by atoms with E-state index in [-0.39, 0.29) is 14.9 Å². The Morgan fingerprint density at radius 1 is 1.43 bits per heavy atom. The normalized spacial score (nSPS) is 21.0. The average molecular weight is 333 g/mol. The predicted molar refractivity (Wildman–Crippen MR) is 82.3 cm³/mol. The maximum absolute atomic E-state index is 12.6. The van der Waals surface area contributed by atoms with Crippen molar-refractivity contribution < 1.29 is 13.3 Å². The Morgan fingerprint density at radius 3 is 2.71 bits per heavy atom. The van der Waals surface area contributed by atoms with Gasteiger partial charge in [0.15, 0.2) is 5.00 Å². The van der Waals surface area contributed by atoms with Crippen molar-refractivity contribution in [2.75, 3.05) is 25.5 Å². The fourth-order valence-electron chi connectivity index (χ4n) is 2.41. The Labute approximate surface area is 128 Å². The molecule has 0 aliphatic carbocycles. The summed E-state index contributed by atoms with van der Waals surface area (Å²) in [7, 11) is -2.10. The van der Waals surface area contributed by atoms with Crippen molar-refractivity contribution in [2.45, 2.75) is 30.4 Å². The number of anilines is 1. The van der Waals surface area contributed by atoms with Gasteiger partial charge >= 0.3 is 5.69 Å². The Kier molecular flexibility index (Phi) is 4.84. The van der Waals surface area contributed by atoms with E-state index in [1.54, 1.807) is 7.05 Å². The van der Waals surface area contributed by atoms with Crippen LogP contribution < -0.4 is 5.32 Å². The second-order valence-electron chi connectivity index (χ2n) is 5.23. The van der Waals surface area contributed by atoms with Gasteiger partial charge in [0.1, 0.15) is 4.21 Å². The highest BCUT2D eigenvalue weighted by Crippen LogP contribution is 2.38. The Bertz CT molecular complexity index is 626. The lowest BCUT2D eigenvalue weighted by Crippen LogP contribution is -2.31. The summed E-state index contributed by atoms with van der Waals surface area (Å²) in [4.78, 5) is 10.4. The van der Waals surface area contributed by atoms with Crippen LogP contribution in [0.4, 0.5) is 10.7 Å². The first kappa shape index (κ1) is 16.2. The molecule has 2 heterocycles. The van der Waals surface area contributed by atoms with Crippen molar-refractivity contribution in [1.82, 2.24) is 4.31 Å². The van der Waals surface area contributed by atoms with E-state index in [1.807, 2.05) is 0 Å². The molecule has 9 heteroatoms. The van der Waals surface area contributed by atoms with Gasteiger partial charge < -0.3 is 5.32 Å². The van der Waals surface area contributed by atoms with Crippen molar-refractivity contribution in [3.63, 3.8) is 0 Å². The first-order valence-electron chi connectivity index (χ1n) is 6.82.